The summed E-state index contributed by atoms with van der Waals surface area (Å²) in [7, 11) is 0. The van der Waals surface area contributed by atoms with Crippen LogP contribution in [0.3, 0.4) is 0 Å². The minimum atomic E-state index is -1.14. The number of carbonyl (C=O) groups excluding carboxylic acids is 6. The van der Waals surface area contributed by atoms with Crippen LogP contribution in [0.15, 0.2) is 108 Å². The third kappa shape index (κ3) is 18.7. The number of hydrogen-bond acceptors (Lipinski definition) is 9. The van der Waals surface area contributed by atoms with Crippen molar-refractivity contribution in [2.45, 2.75) is 124 Å². The van der Waals surface area contributed by atoms with Gasteiger partial charge in [-0.25, -0.2) is 9.59 Å². The molecule has 4 rings (SSSR count). The number of aryl methyl sites for hydroxylation is 3. The molecule has 0 radical (unpaired) electrons. The van der Waals surface area contributed by atoms with Crippen LogP contribution in [0.2, 0.25) is 0 Å². The highest BCUT2D eigenvalue weighted by molar-refractivity contribution is 5.95. The van der Waals surface area contributed by atoms with Gasteiger partial charge in [0.05, 0.1) is 6.04 Å². The van der Waals surface area contributed by atoms with Gasteiger partial charge in [-0.15, -0.1) is 0 Å². The number of amidine groups is 1. The van der Waals surface area contributed by atoms with E-state index in [4.69, 9.17) is 9.47 Å². The third-order valence-corrected chi connectivity index (χ3v) is 11.1. The summed E-state index contributed by atoms with van der Waals surface area (Å²) in [6.07, 6.45) is 1.96. The Morgan fingerprint density at radius 2 is 1.23 bits per heavy atom. The molecule has 14 heteroatoms. The van der Waals surface area contributed by atoms with Gasteiger partial charge >= 0.3 is 12.2 Å². The zero-order chi connectivity index (χ0) is 47.7. The normalized spacial score (nSPS) is 13.0. The molecule has 0 aliphatic rings. The van der Waals surface area contributed by atoms with Crippen LogP contribution in [0.1, 0.15) is 97.7 Å². The van der Waals surface area contributed by atoms with E-state index in [0.717, 1.165) is 51.8 Å². The van der Waals surface area contributed by atoms with Gasteiger partial charge in [-0.2, -0.15) is 0 Å². The lowest BCUT2D eigenvalue weighted by atomic mass is 9.88. The van der Waals surface area contributed by atoms with Crippen molar-refractivity contribution in [2.75, 3.05) is 6.54 Å². The predicted octanol–water partition coefficient (Wildman–Crippen LogP) is 7.65. The Morgan fingerprint density at radius 1 is 0.652 bits per heavy atom. The molecule has 0 aliphatic carbocycles. The van der Waals surface area contributed by atoms with Gasteiger partial charge in [-0.05, 0) is 80.3 Å². The monoisotopic (exact) mass is 902 g/mol. The molecule has 0 saturated heterocycles. The molecule has 0 saturated carbocycles. The number of amides is 5. The highest BCUT2D eigenvalue weighted by Gasteiger charge is 2.32. The maximum Gasteiger partial charge on any atom is 0.412 e. The molecule has 0 aromatic heterocycles. The molecule has 4 atom stereocenters. The molecule has 0 aliphatic heterocycles. The van der Waals surface area contributed by atoms with Gasteiger partial charge in [0.15, 0.2) is 5.78 Å². The van der Waals surface area contributed by atoms with Gasteiger partial charge < -0.3 is 30.7 Å². The summed E-state index contributed by atoms with van der Waals surface area (Å²) in [5.41, 5.74) is 6.34. The van der Waals surface area contributed by atoms with E-state index < -0.39 is 42.3 Å². The fraction of sp³-hybridized carbons (Fsp3) is 0.404. The van der Waals surface area contributed by atoms with Gasteiger partial charge in [0.25, 0.3) is 0 Å². The van der Waals surface area contributed by atoms with Crippen LogP contribution in [0.4, 0.5) is 9.59 Å². The van der Waals surface area contributed by atoms with Crippen LogP contribution in [0.5, 0.6) is 0 Å². The van der Waals surface area contributed by atoms with E-state index in [1.165, 1.54) is 0 Å². The van der Waals surface area contributed by atoms with E-state index in [9.17, 15) is 28.8 Å². The lowest BCUT2D eigenvalue weighted by Gasteiger charge is -2.26. The number of hydrogen-bond donors (Lipinski definition) is 5. The van der Waals surface area contributed by atoms with Crippen molar-refractivity contribution in [2.24, 2.45) is 10.9 Å². The van der Waals surface area contributed by atoms with E-state index in [-0.39, 0.29) is 50.7 Å². The number of unbranched alkanes of at least 4 members (excludes halogenated alkanes) is 2. The summed E-state index contributed by atoms with van der Waals surface area (Å²) in [5, 5.41) is 13.9. The maximum atomic E-state index is 14.6. The van der Waals surface area contributed by atoms with Crippen LogP contribution in [-0.4, -0.2) is 66.8 Å². The second kappa shape index (κ2) is 28.2. The first-order chi connectivity index (χ1) is 31.8. The summed E-state index contributed by atoms with van der Waals surface area (Å²) < 4.78 is 10.8. The van der Waals surface area contributed by atoms with E-state index in [1.807, 2.05) is 124 Å². The SMILES string of the molecule is CCCCC[C@H](CC(=O)[C@H](Cc1c(C)cc(C)cc1C)NC(=O)[C@@H](CCCN=C(C)NC(=O)OCc1ccccc1)NC(=O)OCc1ccccc1)C(=O)N[C@@H](Cc1ccccc1)NC=O. The van der Waals surface area contributed by atoms with Crippen LogP contribution in [-0.2, 0) is 54.7 Å². The van der Waals surface area contributed by atoms with Gasteiger partial charge in [0.2, 0.25) is 18.2 Å². The highest BCUT2D eigenvalue weighted by Crippen LogP contribution is 2.22. The Balaban J connectivity index is 1.54. The average molecular weight is 903 g/mol. The first kappa shape index (κ1) is 51.8. The Labute approximate surface area is 389 Å². The van der Waals surface area contributed by atoms with Crippen molar-refractivity contribution in [3.8, 4) is 0 Å². The molecule has 352 valence electrons. The van der Waals surface area contributed by atoms with E-state index in [0.29, 0.717) is 37.9 Å². The third-order valence-electron chi connectivity index (χ3n) is 11.1. The molecule has 14 nitrogen and oxygen atoms in total. The molecule has 4 aromatic carbocycles. The number of aliphatic imine (C=N–C) groups is 1. The van der Waals surface area contributed by atoms with Crippen LogP contribution in [0, 0.1) is 26.7 Å². The van der Waals surface area contributed by atoms with Crippen molar-refractivity contribution < 1.29 is 38.2 Å². The number of alkyl carbamates (subject to hydrolysis) is 2. The highest BCUT2D eigenvalue weighted by atomic mass is 16.6. The number of rotatable bonds is 26. The first-order valence-corrected chi connectivity index (χ1v) is 22.7. The largest absolute Gasteiger partial charge is 0.445 e. The predicted molar refractivity (Wildman–Crippen MR) is 255 cm³/mol. The van der Waals surface area contributed by atoms with Gasteiger partial charge in [-0.3, -0.25) is 29.5 Å². The van der Waals surface area contributed by atoms with Gasteiger partial charge in [0.1, 0.15) is 31.3 Å². The average Bonchev–Trinajstić information content (AvgIpc) is 3.30. The zero-order valence-electron chi connectivity index (χ0n) is 38.9. The smallest absolute Gasteiger partial charge is 0.412 e. The molecule has 5 amide bonds. The number of nitrogens with one attached hydrogen (secondary N) is 5. The Hall–Kier alpha value is -6.83. The van der Waals surface area contributed by atoms with Crippen LogP contribution < -0.4 is 26.6 Å². The summed E-state index contributed by atoms with van der Waals surface area (Å²) in [6, 6.07) is 29.7. The Morgan fingerprint density at radius 3 is 1.80 bits per heavy atom. The van der Waals surface area contributed by atoms with Crippen LogP contribution in [0.25, 0.3) is 0 Å². The van der Waals surface area contributed by atoms with E-state index in [1.54, 1.807) is 6.92 Å². The van der Waals surface area contributed by atoms with Crippen molar-refractivity contribution >= 4 is 42.0 Å². The number of ketones is 1. The molecule has 0 bridgehead atoms. The second-order valence-corrected chi connectivity index (χ2v) is 16.6. The van der Waals surface area contributed by atoms with Gasteiger partial charge in [-0.1, -0.05) is 135 Å². The van der Waals surface area contributed by atoms with Crippen molar-refractivity contribution in [3.63, 3.8) is 0 Å². The molecular weight excluding hydrogens is 837 g/mol. The van der Waals surface area contributed by atoms with Crippen molar-refractivity contribution in [1.29, 1.82) is 0 Å². The fourth-order valence-electron chi connectivity index (χ4n) is 7.64. The van der Waals surface area contributed by atoms with E-state index >= 15 is 0 Å². The van der Waals surface area contributed by atoms with Crippen molar-refractivity contribution in [3.05, 3.63) is 142 Å². The molecule has 0 fully saturated rings. The minimum absolute atomic E-state index is 0.0281. The zero-order valence-corrected chi connectivity index (χ0v) is 38.9. The molecular formula is C52H66N6O8. The fourth-order valence-corrected chi connectivity index (χ4v) is 7.64. The van der Waals surface area contributed by atoms with Gasteiger partial charge in [0, 0.05) is 31.7 Å². The summed E-state index contributed by atoms with van der Waals surface area (Å²) in [6.45, 7) is 9.84. The molecule has 4 aromatic rings. The van der Waals surface area contributed by atoms with Crippen LogP contribution >= 0.6 is 0 Å². The lowest BCUT2D eigenvalue weighted by Crippen LogP contribution is -2.53. The molecule has 0 heterocycles. The quantitative estimate of drug-likeness (QED) is 0.0139. The lowest BCUT2D eigenvalue weighted by molar-refractivity contribution is -0.132. The number of Topliss-reactive ketones (excluding diaryl/α,β-unsaturated/α-hetero) is 1. The number of nitrogens with zero attached hydrogens (tertiary/aromatic N) is 1. The molecule has 0 spiro atoms. The molecule has 0 unspecified atom stereocenters. The van der Waals surface area contributed by atoms with Crippen molar-refractivity contribution in [1.82, 2.24) is 26.6 Å². The minimum Gasteiger partial charge on any atom is -0.445 e. The topological polar surface area (TPSA) is 193 Å². The first-order valence-electron chi connectivity index (χ1n) is 22.7. The summed E-state index contributed by atoms with van der Waals surface area (Å²) in [5.74, 6) is -1.77. The Bertz CT molecular complexity index is 2180. The summed E-state index contributed by atoms with van der Waals surface area (Å²) >= 11 is 0. The number of carbonyl (C=O) groups is 6. The number of ether oxygens (including phenoxy) is 2. The second-order valence-electron chi connectivity index (χ2n) is 16.6. The molecule has 5 N–H and O–H groups in total. The molecule has 66 heavy (non-hydrogen) atoms. The number of benzene rings is 4. The maximum absolute atomic E-state index is 14.6. The summed E-state index contributed by atoms with van der Waals surface area (Å²) in [4.78, 5) is 84.8. The Kier molecular flexibility index (Phi) is 22.1. The standard InChI is InChI=1S/C52H66N6O8/c1-6-7-11-25-43(49(61)58-48(54-35-59)30-40-19-12-8-13-20-40)31-47(60)46(32-44-37(3)28-36(2)29-38(44)4)56-50(62)45(57-52(64)66-34-42-23-16-10-17-24-42)26-18-27-53-39(5)55-51(63)65-33-41-21-14-9-15-22-41/h8-10,12-17,19-24,28-29,35,43,45-46,48H,6-7,11,18,25-27,30-34H2,1-5H3,(H,54,59)(H,56,62)(H,57,64)(H,58,61)(H,53,55,63)/t43-,45-,46+,48+/m1/s1. The van der Waals surface area contributed by atoms with E-state index in [2.05, 4.69) is 38.5 Å².